The monoisotopic (exact) mass is 351 g/mol. The van der Waals surface area contributed by atoms with E-state index >= 15 is 0 Å². The molecule has 0 aliphatic carbocycles. The second kappa shape index (κ2) is 4.13. The highest BCUT2D eigenvalue weighted by Gasteiger charge is 2.11. The minimum Gasteiger partial charge on any atom is -0.289 e. The molecule has 0 aliphatic rings. The first-order chi connectivity index (χ1) is 8.29. The Kier molecular flexibility index (Phi) is 2.61. The third-order valence-corrected chi connectivity index (χ3v) is 4.46. The lowest BCUT2D eigenvalue weighted by Gasteiger charge is -1.98. The Morgan fingerprint density at radius 2 is 2.29 bits per heavy atom. The Bertz CT molecular complexity index is 736. The Balaban J connectivity index is 2.27. The van der Waals surface area contributed by atoms with Crippen LogP contribution >= 0.6 is 33.9 Å². The van der Waals surface area contributed by atoms with Gasteiger partial charge in [0, 0.05) is 17.1 Å². The predicted octanol–water partition coefficient (Wildman–Crippen LogP) is 3.54. The zero-order valence-electron chi connectivity index (χ0n) is 8.59. The summed E-state index contributed by atoms with van der Waals surface area (Å²) in [5.41, 5.74) is 1.63. The second-order valence-corrected chi connectivity index (χ2v) is 5.41. The number of aromatic nitrogens is 2. The average Bonchev–Trinajstić information content (AvgIpc) is 2.94. The van der Waals surface area contributed by atoms with Crippen LogP contribution in [-0.2, 0) is 0 Å². The summed E-state index contributed by atoms with van der Waals surface area (Å²) in [6, 6.07) is 9.67. The maximum absolute atomic E-state index is 8.91. The van der Waals surface area contributed by atoms with Gasteiger partial charge < -0.3 is 0 Å². The highest BCUT2D eigenvalue weighted by molar-refractivity contribution is 14.1. The van der Waals surface area contributed by atoms with Crippen LogP contribution in [0.2, 0.25) is 0 Å². The first kappa shape index (κ1) is 10.7. The summed E-state index contributed by atoms with van der Waals surface area (Å²) < 4.78 is 3.05. The van der Waals surface area contributed by atoms with Gasteiger partial charge >= 0.3 is 0 Å². The van der Waals surface area contributed by atoms with Gasteiger partial charge in [-0.15, -0.1) is 11.3 Å². The van der Waals surface area contributed by atoms with Crippen LogP contribution in [0.15, 0.2) is 35.8 Å². The molecule has 82 valence electrons. The molecule has 0 unspecified atom stereocenters. The largest absolute Gasteiger partial charge is 0.289 e. The fourth-order valence-corrected chi connectivity index (χ4v) is 3.31. The van der Waals surface area contributed by atoms with Gasteiger partial charge in [-0.2, -0.15) is 5.26 Å². The fourth-order valence-electron chi connectivity index (χ4n) is 1.72. The molecule has 0 fully saturated rings. The topological polar surface area (TPSA) is 41.1 Å². The Labute approximate surface area is 115 Å². The van der Waals surface area contributed by atoms with Crippen molar-refractivity contribution in [2.45, 2.75) is 0 Å². The number of hydrogen-bond acceptors (Lipinski definition) is 3. The van der Waals surface area contributed by atoms with E-state index in [2.05, 4.69) is 38.0 Å². The zero-order chi connectivity index (χ0) is 11.8. The summed E-state index contributed by atoms with van der Waals surface area (Å²) in [5.74, 6) is 0.891. The summed E-state index contributed by atoms with van der Waals surface area (Å²) in [6.45, 7) is 0. The zero-order valence-corrected chi connectivity index (χ0v) is 11.6. The molecule has 0 bridgehead atoms. The van der Waals surface area contributed by atoms with Gasteiger partial charge in [0.2, 0.25) is 0 Å². The lowest BCUT2D eigenvalue weighted by Crippen LogP contribution is -1.86. The molecule has 0 saturated carbocycles. The number of rotatable bonds is 1. The van der Waals surface area contributed by atoms with Gasteiger partial charge in [-0.05, 0) is 34.7 Å². The number of nitrogens with zero attached hydrogens (tertiary/aromatic N) is 3. The SMILES string of the molecule is N#Cc1cccc(-c2nc(I)c3sccn23)c1. The van der Waals surface area contributed by atoms with Crippen molar-refractivity contribution in [3.8, 4) is 17.5 Å². The van der Waals surface area contributed by atoms with E-state index in [1.807, 2.05) is 29.8 Å². The smallest absolute Gasteiger partial charge is 0.146 e. The molecule has 1 aromatic carbocycles. The molecule has 5 heteroatoms. The molecule has 17 heavy (non-hydrogen) atoms. The molecule has 3 rings (SSSR count). The number of halogens is 1. The van der Waals surface area contributed by atoms with E-state index in [9.17, 15) is 0 Å². The van der Waals surface area contributed by atoms with Gasteiger partial charge in [0.15, 0.2) is 0 Å². The molecular formula is C12H6IN3S. The summed E-state index contributed by atoms with van der Waals surface area (Å²) >= 11 is 3.90. The Morgan fingerprint density at radius 3 is 3.12 bits per heavy atom. The Morgan fingerprint density at radius 1 is 1.41 bits per heavy atom. The molecule has 2 aromatic heterocycles. The first-order valence-corrected chi connectivity index (χ1v) is 6.87. The van der Waals surface area contributed by atoms with Crippen LogP contribution in [0.3, 0.4) is 0 Å². The van der Waals surface area contributed by atoms with Crippen LogP contribution in [-0.4, -0.2) is 9.38 Å². The lowest BCUT2D eigenvalue weighted by molar-refractivity contribution is 1.18. The van der Waals surface area contributed by atoms with E-state index in [-0.39, 0.29) is 0 Å². The lowest BCUT2D eigenvalue weighted by atomic mass is 10.1. The second-order valence-electron chi connectivity index (χ2n) is 3.50. The van der Waals surface area contributed by atoms with Gasteiger partial charge in [0.1, 0.15) is 14.4 Å². The minimum atomic E-state index is 0.657. The van der Waals surface area contributed by atoms with Crippen molar-refractivity contribution in [1.29, 1.82) is 5.26 Å². The summed E-state index contributed by atoms with van der Waals surface area (Å²) in [4.78, 5) is 5.69. The van der Waals surface area contributed by atoms with E-state index in [1.54, 1.807) is 17.4 Å². The van der Waals surface area contributed by atoms with E-state index < -0.39 is 0 Å². The van der Waals surface area contributed by atoms with Gasteiger partial charge in [0.25, 0.3) is 0 Å². The molecule has 0 atom stereocenters. The molecule has 3 aromatic rings. The normalized spacial score (nSPS) is 10.6. The standard InChI is InChI=1S/C12H6IN3S/c13-10-12-16(4-5-17-12)11(15-10)9-3-1-2-8(6-9)7-14/h1-6H. The number of hydrogen-bond donors (Lipinski definition) is 0. The number of thiazole rings is 1. The van der Waals surface area contributed by atoms with Crippen molar-refractivity contribution < 1.29 is 0 Å². The quantitative estimate of drug-likeness (QED) is 0.630. The fraction of sp³-hybridized carbons (Fsp3) is 0. The number of fused-ring (bicyclic) bond motifs is 1. The molecule has 0 radical (unpaired) electrons. The summed E-state index contributed by atoms with van der Waals surface area (Å²) in [5, 5.41) is 10.9. The first-order valence-electron chi connectivity index (χ1n) is 4.91. The van der Waals surface area contributed by atoms with E-state index in [0.717, 1.165) is 19.9 Å². The average molecular weight is 351 g/mol. The van der Waals surface area contributed by atoms with Crippen LogP contribution in [0.4, 0.5) is 0 Å². The molecular weight excluding hydrogens is 345 g/mol. The summed E-state index contributed by atoms with van der Waals surface area (Å²) in [6.07, 6.45) is 2.00. The van der Waals surface area contributed by atoms with E-state index in [4.69, 9.17) is 5.26 Å². The van der Waals surface area contributed by atoms with E-state index in [1.165, 1.54) is 0 Å². The minimum absolute atomic E-state index is 0.657. The third-order valence-electron chi connectivity index (χ3n) is 2.47. The molecule has 0 N–H and O–H groups in total. The third kappa shape index (κ3) is 1.73. The predicted molar refractivity (Wildman–Crippen MR) is 75.9 cm³/mol. The van der Waals surface area contributed by atoms with Crippen LogP contribution in [0.25, 0.3) is 16.2 Å². The van der Waals surface area contributed by atoms with Crippen molar-refractivity contribution >= 4 is 38.8 Å². The molecule has 0 aliphatic heterocycles. The van der Waals surface area contributed by atoms with Crippen LogP contribution in [0.5, 0.6) is 0 Å². The number of benzene rings is 1. The highest BCUT2D eigenvalue weighted by Crippen LogP contribution is 2.27. The molecule has 2 heterocycles. The van der Waals surface area contributed by atoms with Gasteiger partial charge in [-0.3, -0.25) is 4.40 Å². The highest BCUT2D eigenvalue weighted by atomic mass is 127. The van der Waals surface area contributed by atoms with Crippen molar-refractivity contribution in [2.24, 2.45) is 0 Å². The van der Waals surface area contributed by atoms with Crippen molar-refractivity contribution in [2.75, 3.05) is 0 Å². The van der Waals surface area contributed by atoms with Crippen molar-refractivity contribution in [3.63, 3.8) is 0 Å². The Hall–Kier alpha value is -1.39. The number of imidazole rings is 1. The van der Waals surface area contributed by atoms with Crippen LogP contribution in [0, 0.1) is 15.0 Å². The summed E-state index contributed by atoms with van der Waals surface area (Å²) in [7, 11) is 0. The van der Waals surface area contributed by atoms with Gasteiger partial charge in [-0.25, -0.2) is 4.98 Å². The molecule has 3 nitrogen and oxygen atoms in total. The van der Waals surface area contributed by atoms with Gasteiger partial charge in [0.05, 0.1) is 11.6 Å². The maximum Gasteiger partial charge on any atom is 0.146 e. The van der Waals surface area contributed by atoms with Crippen molar-refractivity contribution in [1.82, 2.24) is 9.38 Å². The number of nitriles is 1. The van der Waals surface area contributed by atoms with Crippen LogP contribution in [0.1, 0.15) is 5.56 Å². The van der Waals surface area contributed by atoms with Crippen LogP contribution < -0.4 is 0 Å². The molecule has 0 saturated heterocycles. The molecule has 0 spiro atoms. The van der Waals surface area contributed by atoms with Crippen molar-refractivity contribution in [3.05, 3.63) is 45.1 Å². The molecule has 0 amide bonds. The van der Waals surface area contributed by atoms with E-state index in [0.29, 0.717) is 5.56 Å². The maximum atomic E-state index is 8.91. The van der Waals surface area contributed by atoms with Gasteiger partial charge in [-0.1, -0.05) is 12.1 Å².